The lowest BCUT2D eigenvalue weighted by Gasteiger charge is -1.97. The molecule has 0 amide bonds. The molecule has 2 aromatic heterocycles. The Morgan fingerprint density at radius 3 is 3.17 bits per heavy atom. The highest BCUT2D eigenvalue weighted by Crippen LogP contribution is 2.11. The number of hydrogen-bond acceptors (Lipinski definition) is 3. The highest BCUT2D eigenvalue weighted by Gasteiger charge is 1.99. The second kappa shape index (κ2) is 2.71. The largest absolute Gasteiger partial charge is 0.399 e. The van der Waals surface area contributed by atoms with Crippen LogP contribution in [0.5, 0.6) is 0 Å². The number of pyridine rings is 1. The van der Waals surface area contributed by atoms with Crippen molar-refractivity contribution < 1.29 is 0 Å². The van der Waals surface area contributed by atoms with Crippen molar-refractivity contribution in [3.63, 3.8) is 0 Å². The maximum Gasteiger partial charge on any atom is 0.138 e. The summed E-state index contributed by atoms with van der Waals surface area (Å²) in [4.78, 5) is 4.18. The number of nitrogens with two attached hydrogens (primary N) is 1. The van der Waals surface area contributed by atoms with Gasteiger partial charge in [-0.25, -0.2) is 4.98 Å². The van der Waals surface area contributed by atoms with Crippen LogP contribution >= 0.6 is 12.6 Å². The van der Waals surface area contributed by atoms with E-state index in [1.165, 1.54) is 0 Å². The third-order valence-corrected chi connectivity index (χ3v) is 2.10. The summed E-state index contributed by atoms with van der Waals surface area (Å²) >= 11 is 4.19. The van der Waals surface area contributed by atoms with Crippen LogP contribution in [0, 0.1) is 0 Å². The maximum absolute atomic E-state index is 5.60. The normalized spacial score (nSPS) is 10.8. The number of rotatable bonds is 1. The van der Waals surface area contributed by atoms with E-state index in [9.17, 15) is 0 Å². The summed E-state index contributed by atoms with van der Waals surface area (Å²) in [5, 5.41) is 0. The van der Waals surface area contributed by atoms with Gasteiger partial charge in [-0.15, -0.1) is 0 Å². The summed E-state index contributed by atoms with van der Waals surface area (Å²) in [7, 11) is 0. The average molecular weight is 179 g/mol. The van der Waals surface area contributed by atoms with Gasteiger partial charge in [-0.1, -0.05) is 0 Å². The minimum atomic E-state index is 0.686. The molecular weight excluding hydrogens is 170 g/mol. The molecule has 0 aromatic carbocycles. The number of fused-ring (bicyclic) bond motifs is 1. The molecule has 0 atom stereocenters. The Morgan fingerprint density at radius 1 is 1.58 bits per heavy atom. The Labute approximate surface area is 75.6 Å². The lowest BCUT2D eigenvalue weighted by molar-refractivity contribution is 1.10. The van der Waals surface area contributed by atoms with Crippen LogP contribution in [-0.4, -0.2) is 9.38 Å². The summed E-state index contributed by atoms with van der Waals surface area (Å²) in [6.07, 6.45) is 3.71. The van der Waals surface area contributed by atoms with Crippen molar-refractivity contribution in [3.8, 4) is 0 Å². The first-order valence-corrected chi connectivity index (χ1v) is 4.27. The summed E-state index contributed by atoms with van der Waals surface area (Å²) in [6.45, 7) is 0. The van der Waals surface area contributed by atoms with Crippen LogP contribution in [-0.2, 0) is 5.75 Å². The van der Waals surface area contributed by atoms with Crippen LogP contribution in [0.1, 0.15) is 5.69 Å². The van der Waals surface area contributed by atoms with E-state index in [0.29, 0.717) is 5.75 Å². The van der Waals surface area contributed by atoms with Gasteiger partial charge in [-0.2, -0.15) is 12.6 Å². The van der Waals surface area contributed by atoms with E-state index in [4.69, 9.17) is 5.73 Å². The second-order valence-electron chi connectivity index (χ2n) is 2.60. The third kappa shape index (κ3) is 1.04. The van der Waals surface area contributed by atoms with Crippen molar-refractivity contribution in [2.75, 3.05) is 5.73 Å². The molecule has 2 rings (SSSR count). The first-order valence-electron chi connectivity index (χ1n) is 3.63. The second-order valence-corrected chi connectivity index (χ2v) is 2.91. The van der Waals surface area contributed by atoms with Crippen LogP contribution < -0.4 is 5.73 Å². The van der Waals surface area contributed by atoms with Gasteiger partial charge in [0, 0.05) is 23.7 Å². The van der Waals surface area contributed by atoms with Crippen LogP contribution in [0.15, 0.2) is 24.5 Å². The van der Waals surface area contributed by atoms with Gasteiger partial charge in [0.1, 0.15) is 5.65 Å². The molecule has 62 valence electrons. The van der Waals surface area contributed by atoms with E-state index >= 15 is 0 Å². The molecule has 0 saturated heterocycles. The molecule has 0 aliphatic carbocycles. The zero-order valence-electron chi connectivity index (χ0n) is 6.44. The molecule has 2 heterocycles. The standard InChI is InChI=1S/C8H9N3S/c9-6-1-2-11-7(5-12)4-10-8(11)3-6/h1-4,12H,5,9H2. The molecule has 12 heavy (non-hydrogen) atoms. The smallest absolute Gasteiger partial charge is 0.138 e. The molecule has 0 aliphatic rings. The molecule has 2 aromatic rings. The highest BCUT2D eigenvalue weighted by atomic mass is 32.1. The molecular formula is C8H9N3S. The molecule has 0 bridgehead atoms. The Kier molecular flexibility index (Phi) is 1.69. The van der Waals surface area contributed by atoms with Crippen molar-refractivity contribution in [1.82, 2.24) is 9.38 Å². The van der Waals surface area contributed by atoms with E-state index in [1.54, 1.807) is 0 Å². The van der Waals surface area contributed by atoms with Crippen LogP contribution in [0.2, 0.25) is 0 Å². The van der Waals surface area contributed by atoms with Crippen LogP contribution in [0.25, 0.3) is 5.65 Å². The summed E-state index contributed by atoms with van der Waals surface area (Å²) in [5.41, 5.74) is 8.29. The molecule has 0 aliphatic heterocycles. The Bertz CT molecular complexity index is 408. The number of thiol groups is 1. The molecule has 3 nitrogen and oxygen atoms in total. The van der Waals surface area contributed by atoms with Crippen molar-refractivity contribution in [2.45, 2.75) is 5.75 Å². The van der Waals surface area contributed by atoms with Crippen molar-refractivity contribution in [2.24, 2.45) is 0 Å². The van der Waals surface area contributed by atoms with Crippen LogP contribution in [0.4, 0.5) is 5.69 Å². The molecule has 0 fully saturated rings. The number of anilines is 1. The van der Waals surface area contributed by atoms with Crippen molar-refractivity contribution >= 4 is 24.0 Å². The number of nitrogens with zero attached hydrogens (tertiary/aromatic N) is 2. The summed E-state index contributed by atoms with van der Waals surface area (Å²) in [6, 6.07) is 3.69. The first-order chi connectivity index (χ1) is 5.81. The third-order valence-electron chi connectivity index (χ3n) is 1.78. The summed E-state index contributed by atoms with van der Waals surface area (Å²) < 4.78 is 1.98. The monoisotopic (exact) mass is 179 g/mol. The van der Waals surface area contributed by atoms with Gasteiger partial charge in [-0.05, 0) is 6.07 Å². The Hall–Kier alpha value is -1.16. The van der Waals surface area contributed by atoms with Gasteiger partial charge in [0.05, 0.1) is 11.9 Å². The molecule has 0 saturated carbocycles. The van der Waals surface area contributed by atoms with E-state index in [0.717, 1.165) is 17.0 Å². The lowest BCUT2D eigenvalue weighted by Crippen LogP contribution is -1.91. The van der Waals surface area contributed by atoms with Gasteiger partial charge in [0.25, 0.3) is 0 Å². The van der Waals surface area contributed by atoms with E-state index < -0.39 is 0 Å². The molecule has 4 heteroatoms. The molecule has 0 unspecified atom stereocenters. The predicted molar refractivity (Wildman–Crippen MR) is 52.3 cm³/mol. The maximum atomic E-state index is 5.60. The fraction of sp³-hybridized carbons (Fsp3) is 0.125. The predicted octanol–water partition coefficient (Wildman–Crippen LogP) is 1.35. The molecule has 2 N–H and O–H groups in total. The van der Waals surface area contributed by atoms with Gasteiger partial charge >= 0.3 is 0 Å². The van der Waals surface area contributed by atoms with Crippen molar-refractivity contribution in [3.05, 3.63) is 30.2 Å². The summed E-state index contributed by atoms with van der Waals surface area (Å²) in [5.74, 6) is 0.686. The van der Waals surface area contributed by atoms with Crippen LogP contribution in [0.3, 0.4) is 0 Å². The number of imidazole rings is 1. The van der Waals surface area contributed by atoms with Gasteiger partial charge in [-0.3, -0.25) is 0 Å². The Morgan fingerprint density at radius 2 is 2.42 bits per heavy atom. The Balaban J connectivity index is 2.73. The fourth-order valence-electron chi connectivity index (χ4n) is 1.17. The molecule has 0 spiro atoms. The van der Waals surface area contributed by atoms with Crippen molar-refractivity contribution in [1.29, 1.82) is 0 Å². The zero-order chi connectivity index (χ0) is 8.55. The number of nitrogen functional groups attached to an aromatic ring is 1. The zero-order valence-corrected chi connectivity index (χ0v) is 7.33. The number of aromatic nitrogens is 2. The SMILES string of the molecule is Nc1ccn2c(CS)cnc2c1. The first kappa shape index (κ1) is 7.49. The van der Waals surface area contributed by atoms with E-state index in [2.05, 4.69) is 17.6 Å². The van der Waals surface area contributed by atoms with E-state index in [-0.39, 0.29) is 0 Å². The quantitative estimate of drug-likeness (QED) is 0.649. The lowest BCUT2D eigenvalue weighted by atomic mass is 10.4. The van der Waals surface area contributed by atoms with Gasteiger partial charge in [0.2, 0.25) is 0 Å². The minimum absolute atomic E-state index is 0.686. The molecule has 0 radical (unpaired) electrons. The highest BCUT2D eigenvalue weighted by molar-refractivity contribution is 7.79. The van der Waals surface area contributed by atoms with Gasteiger partial charge in [0.15, 0.2) is 0 Å². The number of hydrogen-bond donors (Lipinski definition) is 2. The average Bonchev–Trinajstić information content (AvgIpc) is 2.46. The fourth-order valence-corrected chi connectivity index (χ4v) is 1.40. The van der Waals surface area contributed by atoms with E-state index in [1.807, 2.05) is 28.9 Å². The van der Waals surface area contributed by atoms with Gasteiger partial charge < -0.3 is 10.1 Å². The minimum Gasteiger partial charge on any atom is -0.399 e. The topological polar surface area (TPSA) is 43.3 Å².